The summed E-state index contributed by atoms with van der Waals surface area (Å²) in [5.74, 6) is -2.20. The van der Waals surface area contributed by atoms with E-state index < -0.39 is 23.2 Å². The predicted octanol–water partition coefficient (Wildman–Crippen LogP) is 0.277. The normalized spacial score (nSPS) is 15.7. The molecule has 82 valence electrons. The van der Waals surface area contributed by atoms with E-state index in [4.69, 9.17) is 10.8 Å². The molecule has 0 radical (unpaired) electrons. The summed E-state index contributed by atoms with van der Waals surface area (Å²) >= 11 is 0. The Balaban J connectivity index is 3.32. The summed E-state index contributed by atoms with van der Waals surface area (Å²) < 4.78 is 37.4. The van der Waals surface area contributed by atoms with Crippen LogP contribution in [0.3, 0.4) is 0 Å². The van der Waals surface area contributed by atoms with Gasteiger partial charge in [0.25, 0.3) is 0 Å². The number of halogens is 3. The van der Waals surface area contributed by atoms with Crippen LogP contribution in [0.4, 0.5) is 13.2 Å². The van der Waals surface area contributed by atoms with Crippen molar-refractivity contribution < 1.29 is 23.1 Å². The Morgan fingerprint density at radius 3 is 2.13 bits per heavy atom. The van der Waals surface area contributed by atoms with Crippen molar-refractivity contribution in [2.75, 3.05) is 0 Å². The Morgan fingerprint density at radius 2 is 1.80 bits per heavy atom. The second kappa shape index (κ2) is 3.46. The average Bonchev–Trinajstić information content (AvgIpc) is 2.16. The molecule has 0 saturated carbocycles. The van der Waals surface area contributed by atoms with Crippen LogP contribution in [0.1, 0.15) is 5.56 Å². The van der Waals surface area contributed by atoms with Crippen molar-refractivity contribution in [3.8, 4) is 0 Å². The van der Waals surface area contributed by atoms with E-state index in [0.29, 0.717) is 12.4 Å². The smallest absolute Gasteiger partial charge is 0.421 e. The molecule has 8 heteroatoms. The average molecular weight is 221 g/mol. The number of carboxylic acid groups (broad SMARTS) is 1. The highest BCUT2D eigenvalue weighted by molar-refractivity contribution is 5.81. The van der Waals surface area contributed by atoms with Crippen LogP contribution in [-0.4, -0.2) is 27.2 Å². The Kier molecular flexibility index (Phi) is 2.63. The summed E-state index contributed by atoms with van der Waals surface area (Å²) in [6.45, 7) is 0. The second-order valence-corrected chi connectivity index (χ2v) is 2.74. The molecule has 1 rings (SSSR count). The van der Waals surface area contributed by atoms with Gasteiger partial charge >= 0.3 is 12.1 Å². The van der Waals surface area contributed by atoms with Gasteiger partial charge in [-0.05, 0) is 0 Å². The number of hydrogen-bond acceptors (Lipinski definition) is 4. The highest BCUT2D eigenvalue weighted by Crippen LogP contribution is 2.36. The van der Waals surface area contributed by atoms with Crippen molar-refractivity contribution in [2.45, 2.75) is 11.7 Å². The van der Waals surface area contributed by atoms with E-state index in [1.807, 2.05) is 0 Å². The fourth-order valence-corrected chi connectivity index (χ4v) is 0.911. The van der Waals surface area contributed by atoms with Crippen molar-refractivity contribution in [1.29, 1.82) is 0 Å². The zero-order valence-corrected chi connectivity index (χ0v) is 7.19. The summed E-state index contributed by atoms with van der Waals surface area (Å²) in [6.07, 6.45) is -2.71. The van der Waals surface area contributed by atoms with Crippen molar-refractivity contribution in [3.63, 3.8) is 0 Å². The minimum Gasteiger partial charge on any atom is -0.479 e. The molecular weight excluding hydrogens is 215 g/mol. The van der Waals surface area contributed by atoms with Crippen LogP contribution in [0, 0.1) is 0 Å². The number of nitrogens with zero attached hydrogens (tertiary/aromatic N) is 2. The third-order valence-electron chi connectivity index (χ3n) is 1.80. The van der Waals surface area contributed by atoms with Gasteiger partial charge in [0.2, 0.25) is 5.54 Å². The standard InChI is InChI=1S/C7H6F3N3O2/c8-7(9,10)6(11,5(14)15)4-1-12-3-13-2-4/h1-3H,11H2,(H,14,15). The lowest BCUT2D eigenvalue weighted by molar-refractivity contribution is -0.204. The molecule has 5 nitrogen and oxygen atoms in total. The van der Waals surface area contributed by atoms with E-state index in [1.54, 1.807) is 0 Å². The molecule has 0 saturated heterocycles. The first-order valence-corrected chi connectivity index (χ1v) is 3.64. The maximum Gasteiger partial charge on any atom is 0.421 e. The van der Waals surface area contributed by atoms with E-state index in [9.17, 15) is 18.0 Å². The minimum absolute atomic E-state index is 0.717. The van der Waals surface area contributed by atoms with Crippen LogP contribution in [-0.2, 0) is 10.3 Å². The monoisotopic (exact) mass is 221 g/mol. The van der Waals surface area contributed by atoms with E-state index in [2.05, 4.69) is 9.97 Å². The molecule has 0 amide bonds. The SMILES string of the molecule is NC(C(=O)O)(c1cncnc1)C(F)(F)F. The minimum atomic E-state index is -5.12. The summed E-state index contributed by atoms with van der Waals surface area (Å²) in [6, 6.07) is 0. The van der Waals surface area contributed by atoms with E-state index in [1.165, 1.54) is 0 Å². The fraction of sp³-hybridized carbons (Fsp3) is 0.286. The number of hydrogen-bond donors (Lipinski definition) is 2. The first-order valence-electron chi connectivity index (χ1n) is 3.64. The molecule has 1 atom stereocenters. The fourth-order valence-electron chi connectivity index (χ4n) is 0.911. The number of rotatable bonds is 2. The number of aromatic nitrogens is 2. The lowest BCUT2D eigenvalue weighted by atomic mass is 9.93. The van der Waals surface area contributed by atoms with E-state index >= 15 is 0 Å². The first kappa shape index (κ1) is 11.4. The van der Waals surface area contributed by atoms with Gasteiger partial charge in [-0.15, -0.1) is 0 Å². The van der Waals surface area contributed by atoms with Gasteiger partial charge in [-0.2, -0.15) is 13.2 Å². The Labute approximate surface area is 81.8 Å². The molecule has 3 N–H and O–H groups in total. The molecule has 0 aliphatic heterocycles. The summed E-state index contributed by atoms with van der Waals surface area (Å²) in [5.41, 5.74) is 0.639. The maximum atomic E-state index is 12.5. The van der Waals surface area contributed by atoms with Crippen LogP contribution in [0.25, 0.3) is 0 Å². The Bertz CT molecular complexity index is 367. The highest BCUT2D eigenvalue weighted by Gasteiger charge is 2.59. The largest absolute Gasteiger partial charge is 0.479 e. The molecule has 1 aromatic heterocycles. The summed E-state index contributed by atoms with van der Waals surface area (Å²) in [5, 5.41) is 8.52. The van der Waals surface area contributed by atoms with Gasteiger partial charge in [-0.1, -0.05) is 0 Å². The van der Waals surface area contributed by atoms with Crippen molar-refractivity contribution in [3.05, 3.63) is 24.3 Å². The van der Waals surface area contributed by atoms with E-state index in [0.717, 1.165) is 6.33 Å². The molecule has 15 heavy (non-hydrogen) atoms. The van der Waals surface area contributed by atoms with Gasteiger partial charge in [0.15, 0.2) is 0 Å². The third-order valence-corrected chi connectivity index (χ3v) is 1.80. The molecule has 0 aliphatic rings. The number of aliphatic carboxylic acids is 1. The maximum absolute atomic E-state index is 12.5. The number of carbonyl (C=O) groups is 1. The molecule has 1 heterocycles. The highest BCUT2D eigenvalue weighted by atomic mass is 19.4. The van der Waals surface area contributed by atoms with Crippen LogP contribution in [0.15, 0.2) is 18.7 Å². The van der Waals surface area contributed by atoms with Gasteiger partial charge in [-0.3, -0.25) is 0 Å². The molecule has 1 unspecified atom stereocenters. The van der Waals surface area contributed by atoms with Crippen LogP contribution in [0.2, 0.25) is 0 Å². The number of carboxylic acids is 1. The number of nitrogens with two attached hydrogens (primary N) is 1. The van der Waals surface area contributed by atoms with Crippen molar-refractivity contribution in [1.82, 2.24) is 9.97 Å². The van der Waals surface area contributed by atoms with Gasteiger partial charge in [0, 0.05) is 18.0 Å². The Hall–Kier alpha value is -1.70. The van der Waals surface area contributed by atoms with Gasteiger partial charge < -0.3 is 10.8 Å². The topological polar surface area (TPSA) is 89.1 Å². The molecule has 0 fully saturated rings. The second-order valence-electron chi connectivity index (χ2n) is 2.74. The molecule has 0 aliphatic carbocycles. The van der Waals surface area contributed by atoms with Gasteiger partial charge in [0.05, 0.1) is 0 Å². The predicted molar refractivity (Wildman–Crippen MR) is 41.6 cm³/mol. The molecule has 0 aromatic carbocycles. The zero-order valence-electron chi connectivity index (χ0n) is 7.19. The molecule has 0 bridgehead atoms. The van der Waals surface area contributed by atoms with Crippen molar-refractivity contribution >= 4 is 5.97 Å². The van der Waals surface area contributed by atoms with Gasteiger partial charge in [-0.25, -0.2) is 14.8 Å². The Morgan fingerprint density at radius 1 is 1.33 bits per heavy atom. The van der Waals surface area contributed by atoms with Crippen LogP contribution < -0.4 is 5.73 Å². The molecular formula is C7H6F3N3O2. The lowest BCUT2D eigenvalue weighted by Crippen LogP contribution is -2.56. The van der Waals surface area contributed by atoms with Crippen LogP contribution >= 0.6 is 0 Å². The summed E-state index contributed by atoms with van der Waals surface area (Å²) in [7, 11) is 0. The third kappa shape index (κ3) is 1.75. The zero-order chi connectivity index (χ0) is 11.7. The van der Waals surface area contributed by atoms with Crippen molar-refractivity contribution in [2.24, 2.45) is 5.73 Å². The summed E-state index contributed by atoms with van der Waals surface area (Å²) in [4.78, 5) is 17.2. The molecule has 1 aromatic rings. The van der Waals surface area contributed by atoms with E-state index in [-0.39, 0.29) is 0 Å². The first-order chi connectivity index (χ1) is 6.80. The van der Waals surface area contributed by atoms with Gasteiger partial charge in [0.1, 0.15) is 6.33 Å². The lowest BCUT2D eigenvalue weighted by Gasteiger charge is -2.26. The quantitative estimate of drug-likeness (QED) is 0.748. The van der Waals surface area contributed by atoms with Crippen LogP contribution in [0.5, 0.6) is 0 Å². The number of alkyl halides is 3. The molecule has 0 spiro atoms.